The molecule has 1 atom stereocenters. The zero-order valence-electron chi connectivity index (χ0n) is 16.6. The van der Waals surface area contributed by atoms with Crippen molar-refractivity contribution in [1.29, 1.82) is 0 Å². The molecule has 0 saturated carbocycles. The lowest BCUT2D eigenvalue weighted by Gasteiger charge is -2.38. The minimum atomic E-state index is -0.594. The molecular weight excluding hydrogens is 324 g/mol. The van der Waals surface area contributed by atoms with Gasteiger partial charge in [0.1, 0.15) is 12.4 Å². The lowest BCUT2D eigenvalue weighted by Crippen LogP contribution is -2.44. The van der Waals surface area contributed by atoms with Gasteiger partial charge in [-0.15, -0.1) is 0 Å². The number of piperidine rings is 2. The van der Waals surface area contributed by atoms with Crippen LogP contribution in [0.1, 0.15) is 51.5 Å². The number of ether oxygens (including phenoxy) is 1. The van der Waals surface area contributed by atoms with Gasteiger partial charge in [0, 0.05) is 25.2 Å². The Bertz CT molecular complexity index is 549. The minimum absolute atomic E-state index is 0.350. The molecule has 1 N–H and O–H groups in total. The molecule has 2 aliphatic heterocycles. The van der Waals surface area contributed by atoms with Gasteiger partial charge in [-0.3, -0.25) is 9.80 Å². The maximum Gasteiger partial charge on any atom is 0.123 e. The van der Waals surface area contributed by atoms with E-state index in [1.165, 1.54) is 37.9 Å². The van der Waals surface area contributed by atoms with E-state index in [-0.39, 0.29) is 0 Å². The van der Waals surface area contributed by atoms with Crippen LogP contribution in [0.5, 0.6) is 5.75 Å². The quantitative estimate of drug-likeness (QED) is 0.807. The van der Waals surface area contributed by atoms with Crippen LogP contribution < -0.4 is 4.74 Å². The highest BCUT2D eigenvalue weighted by Gasteiger charge is 2.31. The standard InChI is InChI=1S/C22H36N2O2/c1-22(2,25)20-10-8-14-24(18-20)17-19-9-4-5-11-21(19)26-16-15-23-12-6-3-7-13-23/h4-5,9,11,20,25H,3,6-8,10,12-18H2,1-2H3. The third-order valence-electron chi connectivity index (χ3n) is 5.98. The average molecular weight is 361 g/mol. The molecule has 3 rings (SSSR count). The predicted molar refractivity (Wildman–Crippen MR) is 107 cm³/mol. The summed E-state index contributed by atoms with van der Waals surface area (Å²) >= 11 is 0. The molecule has 1 aromatic carbocycles. The topological polar surface area (TPSA) is 35.9 Å². The highest BCUT2D eigenvalue weighted by molar-refractivity contribution is 5.33. The summed E-state index contributed by atoms with van der Waals surface area (Å²) in [7, 11) is 0. The summed E-state index contributed by atoms with van der Waals surface area (Å²) < 4.78 is 6.16. The molecule has 0 amide bonds. The maximum absolute atomic E-state index is 10.4. The highest BCUT2D eigenvalue weighted by atomic mass is 16.5. The molecule has 26 heavy (non-hydrogen) atoms. The van der Waals surface area contributed by atoms with Gasteiger partial charge in [-0.05, 0) is 71.1 Å². The molecule has 0 radical (unpaired) electrons. The van der Waals surface area contributed by atoms with Crippen molar-refractivity contribution in [2.75, 3.05) is 39.3 Å². The number of hydrogen-bond acceptors (Lipinski definition) is 4. The van der Waals surface area contributed by atoms with Crippen molar-refractivity contribution in [3.05, 3.63) is 29.8 Å². The van der Waals surface area contributed by atoms with Crippen molar-refractivity contribution >= 4 is 0 Å². The zero-order valence-corrected chi connectivity index (χ0v) is 16.6. The van der Waals surface area contributed by atoms with Crippen molar-refractivity contribution in [1.82, 2.24) is 9.80 Å². The summed E-state index contributed by atoms with van der Waals surface area (Å²) in [5.41, 5.74) is 0.672. The zero-order chi connectivity index (χ0) is 18.4. The Labute approximate surface area is 159 Å². The third-order valence-corrected chi connectivity index (χ3v) is 5.98. The Kier molecular flexibility index (Phi) is 6.96. The molecule has 0 spiro atoms. The number of likely N-dealkylation sites (tertiary alicyclic amines) is 2. The van der Waals surface area contributed by atoms with Gasteiger partial charge in [0.05, 0.1) is 5.60 Å². The van der Waals surface area contributed by atoms with E-state index >= 15 is 0 Å². The minimum Gasteiger partial charge on any atom is -0.492 e. The van der Waals surface area contributed by atoms with Crippen LogP contribution in [0, 0.1) is 5.92 Å². The molecule has 2 heterocycles. The van der Waals surface area contributed by atoms with Gasteiger partial charge in [-0.2, -0.15) is 0 Å². The smallest absolute Gasteiger partial charge is 0.123 e. The van der Waals surface area contributed by atoms with Gasteiger partial charge < -0.3 is 9.84 Å². The average Bonchev–Trinajstić information content (AvgIpc) is 2.64. The molecule has 146 valence electrons. The van der Waals surface area contributed by atoms with Crippen LogP contribution in [0.3, 0.4) is 0 Å². The number of para-hydroxylation sites is 1. The Morgan fingerprint density at radius 2 is 1.77 bits per heavy atom. The van der Waals surface area contributed by atoms with E-state index < -0.39 is 5.60 Å². The predicted octanol–water partition coefficient (Wildman–Crippen LogP) is 3.53. The number of nitrogens with zero attached hydrogens (tertiary/aromatic N) is 2. The summed E-state index contributed by atoms with van der Waals surface area (Å²) in [4.78, 5) is 4.99. The first-order valence-electron chi connectivity index (χ1n) is 10.4. The van der Waals surface area contributed by atoms with Crippen molar-refractivity contribution < 1.29 is 9.84 Å². The Morgan fingerprint density at radius 1 is 1.04 bits per heavy atom. The van der Waals surface area contributed by atoms with Crippen molar-refractivity contribution in [3.63, 3.8) is 0 Å². The van der Waals surface area contributed by atoms with Crippen molar-refractivity contribution in [2.24, 2.45) is 5.92 Å². The van der Waals surface area contributed by atoms with Crippen LogP contribution in [0.2, 0.25) is 0 Å². The lowest BCUT2D eigenvalue weighted by atomic mass is 9.84. The van der Waals surface area contributed by atoms with Crippen LogP contribution in [-0.2, 0) is 6.54 Å². The highest BCUT2D eigenvalue weighted by Crippen LogP contribution is 2.29. The molecule has 2 fully saturated rings. The summed E-state index contributed by atoms with van der Waals surface area (Å²) in [5, 5.41) is 10.4. The Hall–Kier alpha value is -1.10. The monoisotopic (exact) mass is 360 g/mol. The molecule has 2 aliphatic rings. The summed E-state index contributed by atoms with van der Waals surface area (Å²) in [6.07, 6.45) is 6.31. The van der Waals surface area contributed by atoms with Gasteiger partial charge in [-0.1, -0.05) is 24.6 Å². The molecule has 4 heteroatoms. The van der Waals surface area contributed by atoms with Crippen molar-refractivity contribution in [3.8, 4) is 5.75 Å². The number of benzene rings is 1. The Morgan fingerprint density at radius 3 is 2.54 bits per heavy atom. The van der Waals surface area contributed by atoms with E-state index in [2.05, 4.69) is 34.1 Å². The fourth-order valence-electron chi connectivity index (χ4n) is 4.26. The molecular formula is C22H36N2O2. The first-order valence-corrected chi connectivity index (χ1v) is 10.4. The van der Waals surface area contributed by atoms with E-state index in [1.54, 1.807) is 0 Å². The maximum atomic E-state index is 10.4. The van der Waals surface area contributed by atoms with Gasteiger partial charge >= 0.3 is 0 Å². The van der Waals surface area contributed by atoms with E-state index in [1.807, 2.05) is 13.8 Å². The van der Waals surface area contributed by atoms with E-state index in [0.29, 0.717) is 5.92 Å². The fourth-order valence-corrected chi connectivity index (χ4v) is 4.26. The molecule has 2 saturated heterocycles. The van der Waals surface area contributed by atoms with Gasteiger partial charge in [-0.25, -0.2) is 0 Å². The number of hydrogen-bond donors (Lipinski definition) is 1. The molecule has 4 nitrogen and oxygen atoms in total. The molecule has 0 aliphatic carbocycles. The SMILES string of the molecule is CC(C)(O)C1CCCN(Cc2ccccc2OCCN2CCCCC2)C1. The second-order valence-electron chi connectivity index (χ2n) is 8.59. The largest absolute Gasteiger partial charge is 0.492 e. The van der Waals surface area contributed by atoms with E-state index in [9.17, 15) is 5.11 Å². The van der Waals surface area contributed by atoms with Gasteiger partial charge in [0.2, 0.25) is 0 Å². The van der Waals surface area contributed by atoms with E-state index in [0.717, 1.165) is 51.4 Å². The summed E-state index contributed by atoms with van der Waals surface area (Å²) in [6, 6.07) is 8.45. The first-order chi connectivity index (χ1) is 12.5. The normalized spacial score (nSPS) is 23.1. The lowest BCUT2D eigenvalue weighted by molar-refractivity contribution is -0.0199. The number of aliphatic hydroxyl groups is 1. The van der Waals surface area contributed by atoms with Crippen LogP contribution in [-0.4, -0.2) is 59.8 Å². The van der Waals surface area contributed by atoms with Crippen LogP contribution in [0.15, 0.2) is 24.3 Å². The molecule has 1 unspecified atom stereocenters. The summed E-state index contributed by atoms with van der Waals surface area (Å²) in [5.74, 6) is 1.37. The van der Waals surface area contributed by atoms with Gasteiger partial charge in [0.25, 0.3) is 0 Å². The second kappa shape index (κ2) is 9.20. The van der Waals surface area contributed by atoms with Crippen LogP contribution in [0.25, 0.3) is 0 Å². The van der Waals surface area contributed by atoms with E-state index in [4.69, 9.17) is 4.74 Å². The first kappa shape index (κ1) is 19.7. The van der Waals surface area contributed by atoms with Crippen molar-refractivity contribution in [2.45, 2.75) is 58.1 Å². The molecule has 0 bridgehead atoms. The second-order valence-corrected chi connectivity index (χ2v) is 8.59. The third kappa shape index (κ3) is 5.70. The van der Waals surface area contributed by atoms with Gasteiger partial charge in [0.15, 0.2) is 0 Å². The Balaban J connectivity index is 1.53. The summed E-state index contributed by atoms with van der Waals surface area (Å²) in [6.45, 7) is 11.1. The van der Waals surface area contributed by atoms with Crippen LogP contribution in [0.4, 0.5) is 0 Å². The van der Waals surface area contributed by atoms with Crippen LogP contribution >= 0.6 is 0 Å². The molecule has 0 aromatic heterocycles. The fraction of sp³-hybridized carbons (Fsp3) is 0.727. The number of rotatable bonds is 7. The molecule has 1 aromatic rings.